The number of nitrogens with one attached hydrogen (secondary N) is 1. The van der Waals surface area contributed by atoms with Crippen LogP contribution in [-0.4, -0.2) is 39.6 Å². The van der Waals surface area contributed by atoms with Gasteiger partial charge >= 0.3 is 0 Å². The number of benzene rings is 1. The van der Waals surface area contributed by atoms with Crippen LogP contribution in [0.25, 0.3) is 5.69 Å². The van der Waals surface area contributed by atoms with Gasteiger partial charge in [0.1, 0.15) is 17.3 Å². The van der Waals surface area contributed by atoms with Gasteiger partial charge in [-0.15, -0.1) is 0 Å². The van der Waals surface area contributed by atoms with E-state index in [1.807, 2.05) is 6.07 Å². The zero-order valence-corrected chi connectivity index (χ0v) is 16.7. The second kappa shape index (κ2) is 8.52. The lowest BCUT2D eigenvalue weighted by Gasteiger charge is -2.31. The summed E-state index contributed by atoms with van der Waals surface area (Å²) in [7, 11) is 0. The van der Waals surface area contributed by atoms with Crippen molar-refractivity contribution in [2.24, 2.45) is 5.92 Å². The van der Waals surface area contributed by atoms with E-state index in [-0.39, 0.29) is 17.7 Å². The molecule has 1 aliphatic heterocycles. The number of aromatic nitrogens is 2. The lowest BCUT2D eigenvalue weighted by atomic mass is 9.95. The van der Waals surface area contributed by atoms with Gasteiger partial charge in [0.2, 0.25) is 5.91 Å². The second-order valence-corrected chi connectivity index (χ2v) is 7.37. The average molecular weight is 410 g/mol. The van der Waals surface area contributed by atoms with Crippen molar-refractivity contribution in [2.45, 2.75) is 26.3 Å². The predicted octanol–water partition coefficient (Wildman–Crippen LogP) is 3.08. The average Bonchev–Trinajstić information content (AvgIpc) is 3.42. The molecule has 0 unspecified atom stereocenters. The Kier molecular flexibility index (Phi) is 5.65. The van der Waals surface area contributed by atoms with Crippen LogP contribution in [0, 0.1) is 18.7 Å². The first-order valence-electron chi connectivity index (χ1n) is 9.93. The van der Waals surface area contributed by atoms with Crippen LogP contribution < -0.4 is 5.32 Å². The van der Waals surface area contributed by atoms with E-state index < -0.39 is 5.82 Å². The third-order valence-corrected chi connectivity index (χ3v) is 5.49. The molecule has 3 heterocycles. The van der Waals surface area contributed by atoms with Crippen LogP contribution in [0.5, 0.6) is 0 Å². The zero-order valence-electron chi connectivity index (χ0n) is 16.7. The minimum Gasteiger partial charge on any atom is -0.467 e. The predicted molar refractivity (Wildman–Crippen MR) is 107 cm³/mol. The van der Waals surface area contributed by atoms with Gasteiger partial charge in [-0.3, -0.25) is 9.59 Å². The maximum absolute atomic E-state index is 14.1. The van der Waals surface area contributed by atoms with Gasteiger partial charge in [-0.25, -0.2) is 9.07 Å². The molecular formula is C22H23FN4O3. The summed E-state index contributed by atoms with van der Waals surface area (Å²) in [4.78, 5) is 27.1. The Bertz CT molecular complexity index is 1040. The van der Waals surface area contributed by atoms with Crippen molar-refractivity contribution in [1.82, 2.24) is 20.0 Å². The summed E-state index contributed by atoms with van der Waals surface area (Å²) >= 11 is 0. The molecule has 0 bridgehead atoms. The van der Waals surface area contributed by atoms with E-state index in [9.17, 15) is 14.0 Å². The summed E-state index contributed by atoms with van der Waals surface area (Å²) in [5, 5.41) is 7.09. The van der Waals surface area contributed by atoms with Gasteiger partial charge < -0.3 is 14.6 Å². The van der Waals surface area contributed by atoms with Gasteiger partial charge in [-0.05, 0) is 44.0 Å². The molecule has 0 spiro atoms. The molecule has 7 nitrogen and oxygen atoms in total. The van der Waals surface area contributed by atoms with E-state index in [2.05, 4.69) is 10.4 Å². The highest BCUT2D eigenvalue weighted by atomic mass is 19.1. The van der Waals surface area contributed by atoms with Crippen LogP contribution in [-0.2, 0) is 11.3 Å². The van der Waals surface area contributed by atoms with Gasteiger partial charge in [-0.1, -0.05) is 12.1 Å². The van der Waals surface area contributed by atoms with Gasteiger partial charge in [0, 0.05) is 19.0 Å². The van der Waals surface area contributed by atoms with Crippen molar-refractivity contribution in [3.05, 3.63) is 71.7 Å². The van der Waals surface area contributed by atoms with E-state index >= 15 is 0 Å². The number of furan rings is 1. The molecular weight excluding hydrogens is 387 g/mol. The number of halogens is 1. The first-order chi connectivity index (χ1) is 14.5. The number of piperidine rings is 1. The molecule has 0 atom stereocenters. The molecule has 1 N–H and O–H groups in total. The highest BCUT2D eigenvalue weighted by Crippen LogP contribution is 2.22. The lowest BCUT2D eigenvalue weighted by molar-refractivity contribution is -0.126. The van der Waals surface area contributed by atoms with Crippen LogP contribution in [0.15, 0.2) is 53.3 Å². The largest absolute Gasteiger partial charge is 0.467 e. The number of hydrogen-bond donors (Lipinski definition) is 1. The molecule has 0 radical (unpaired) electrons. The highest BCUT2D eigenvalue weighted by Gasteiger charge is 2.29. The van der Waals surface area contributed by atoms with E-state index in [0.717, 1.165) is 0 Å². The lowest BCUT2D eigenvalue weighted by Crippen LogP contribution is -2.43. The van der Waals surface area contributed by atoms with Gasteiger partial charge in [0.15, 0.2) is 0 Å². The standard InChI is InChI=1S/C22H23FN4O3/c1-15-18(14-25-27(15)20-7-3-2-6-19(20)23)22(29)26-10-8-16(9-11-26)21(28)24-13-17-5-4-12-30-17/h2-7,12,14,16H,8-11,13H2,1H3,(H,24,28). The van der Waals surface area contributed by atoms with E-state index in [4.69, 9.17) is 4.42 Å². The van der Waals surface area contributed by atoms with E-state index in [0.29, 0.717) is 55.2 Å². The maximum atomic E-state index is 14.1. The third-order valence-electron chi connectivity index (χ3n) is 5.49. The Balaban J connectivity index is 1.37. The summed E-state index contributed by atoms with van der Waals surface area (Å²) in [5.41, 5.74) is 1.34. The summed E-state index contributed by atoms with van der Waals surface area (Å²) in [6.07, 6.45) is 4.24. The molecule has 0 aliphatic carbocycles. The third kappa shape index (κ3) is 3.98. The maximum Gasteiger partial charge on any atom is 0.257 e. The number of amides is 2. The Hall–Kier alpha value is -3.42. The molecule has 8 heteroatoms. The van der Waals surface area contributed by atoms with Crippen LogP contribution >= 0.6 is 0 Å². The number of rotatable bonds is 5. The quantitative estimate of drug-likeness (QED) is 0.701. The molecule has 1 aliphatic rings. The summed E-state index contributed by atoms with van der Waals surface area (Å²) in [6, 6.07) is 9.91. The van der Waals surface area contributed by atoms with E-state index in [1.54, 1.807) is 42.4 Å². The summed E-state index contributed by atoms with van der Waals surface area (Å²) < 4.78 is 20.8. The number of carbonyl (C=O) groups is 2. The van der Waals surface area contributed by atoms with Crippen molar-refractivity contribution in [3.63, 3.8) is 0 Å². The topological polar surface area (TPSA) is 80.4 Å². The van der Waals surface area contributed by atoms with Crippen molar-refractivity contribution in [2.75, 3.05) is 13.1 Å². The second-order valence-electron chi connectivity index (χ2n) is 7.37. The molecule has 0 saturated carbocycles. The fourth-order valence-electron chi connectivity index (χ4n) is 3.73. The normalized spacial score (nSPS) is 14.7. The molecule has 2 aromatic heterocycles. The molecule has 3 aromatic rings. The van der Waals surface area contributed by atoms with Crippen molar-refractivity contribution < 1.29 is 18.4 Å². The van der Waals surface area contributed by atoms with Gasteiger partial charge in [-0.2, -0.15) is 5.10 Å². The summed E-state index contributed by atoms with van der Waals surface area (Å²) in [6.45, 7) is 3.09. The SMILES string of the molecule is Cc1c(C(=O)N2CCC(C(=O)NCc3ccco3)CC2)cnn1-c1ccccc1F. The monoisotopic (exact) mass is 410 g/mol. The van der Waals surface area contributed by atoms with E-state index in [1.165, 1.54) is 16.9 Å². The smallest absolute Gasteiger partial charge is 0.257 e. The Labute approximate surface area is 173 Å². The van der Waals surface area contributed by atoms with Crippen molar-refractivity contribution in [1.29, 1.82) is 0 Å². The molecule has 156 valence electrons. The van der Waals surface area contributed by atoms with Crippen LogP contribution in [0.4, 0.5) is 4.39 Å². The highest BCUT2D eigenvalue weighted by molar-refractivity contribution is 5.95. The molecule has 1 fully saturated rings. The first-order valence-corrected chi connectivity index (χ1v) is 9.93. The fourth-order valence-corrected chi connectivity index (χ4v) is 3.73. The van der Waals surface area contributed by atoms with Crippen molar-refractivity contribution >= 4 is 11.8 Å². The van der Waals surface area contributed by atoms with Crippen LogP contribution in [0.2, 0.25) is 0 Å². The zero-order chi connectivity index (χ0) is 21.1. The first kappa shape index (κ1) is 19.9. The van der Waals surface area contributed by atoms with Crippen LogP contribution in [0.1, 0.15) is 34.7 Å². The number of likely N-dealkylation sites (tertiary alicyclic amines) is 1. The minimum absolute atomic E-state index is 0.0259. The number of hydrogen-bond acceptors (Lipinski definition) is 4. The molecule has 1 aromatic carbocycles. The Morgan fingerprint density at radius 2 is 1.97 bits per heavy atom. The van der Waals surface area contributed by atoms with Crippen LogP contribution in [0.3, 0.4) is 0 Å². The summed E-state index contributed by atoms with van der Waals surface area (Å²) in [5.74, 6) is 0.000194. The fraction of sp³-hybridized carbons (Fsp3) is 0.318. The molecule has 2 amide bonds. The molecule has 4 rings (SSSR count). The van der Waals surface area contributed by atoms with Gasteiger partial charge in [0.25, 0.3) is 5.91 Å². The van der Waals surface area contributed by atoms with Crippen molar-refractivity contribution in [3.8, 4) is 5.69 Å². The molecule has 1 saturated heterocycles. The number of carbonyl (C=O) groups excluding carboxylic acids is 2. The number of nitrogens with zero attached hydrogens (tertiary/aromatic N) is 3. The van der Waals surface area contributed by atoms with Gasteiger partial charge in [0.05, 0.1) is 30.3 Å². The number of para-hydroxylation sites is 1. The Morgan fingerprint density at radius 3 is 2.67 bits per heavy atom. The Morgan fingerprint density at radius 1 is 1.20 bits per heavy atom. The molecule has 30 heavy (non-hydrogen) atoms. The minimum atomic E-state index is -0.399.